The SMILES string of the molecule is Fc1ccc(OCc2ccc(Cl)cn2)cc1Br. The van der Waals surface area contributed by atoms with E-state index in [-0.39, 0.29) is 5.82 Å². The van der Waals surface area contributed by atoms with Crippen LogP contribution < -0.4 is 4.74 Å². The van der Waals surface area contributed by atoms with Crippen molar-refractivity contribution < 1.29 is 9.13 Å². The molecule has 0 N–H and O–H groups in total. The topological polar surface area (TPSA) is 22.1 Å². The van der Waals surface area contributed by atoms with E-state index >= 15 is 0 Å². The van der Waals surface area contributed by atoms with Crippen LogP contribution in [0.1, 0.15) is 5.69 Å². The van der Waals surface area contributed by atoms with Crippen molar-refractivity contribution in [3.05, 3.63) is 57.5 Å². The third-order valence-electron chi connectivity index (χ3n) is 2.07. The lowest BCUT2D eigenvalue weighted by molar-refractivity contribution is 0.300. The molecule has 1 aromatic carbocycles. The zero-order valence-corrected chi connectivity index (χ0v) is 11.0. The molecular weight excluding hydrogens is 308 g/mol. The van der Waals surface area contributed by atoms with Gasteiger partial charge in [-0.25, -0.2) is 4.39 Å². The Morgan fingerprint density at radius 3 is 2.76 bits per heavy atom. The molecule has 88 valence electrons. The lowest BCUT2D eigenvalue weighted by Gasteiger charge is -2.06. The molecule has 2 nitrogen and oxygen atoms in total. The Morgan fingerprint density at radius 2 is 2.12 bits per heavy atom. The van der Waals surface area contributed by atoms with Crippen molar-refractivity contribution in [1.29, 1.82) is 0 Å². The number of rotatable bonds is 3. The second-order valence-electron chi connectivity index (χ2n) is 3.33. The van der Waals surface area contributed by atoms with Crippen LogP contribution in [0, 0.1) is 5.82 Å². The molecule has 0 saturated carbocycles. The zero-order chi connectivity index (χ0) is 12.3. The summed E-state index contributed by atoms with van der Waals surface area (Å²) in [7, 11) is 0. The summed E-state index contributed by atoms with van der Waals surface area (Å²) in [4.78, 5) is 4.09. The summed E-state index contributed by atoms with van der Waals surface area (Å²) < 4.78 is 18.8. The quantitative estimate of drug-likeness (QED) is 0.846. The summed E-state index contributed by atoms with van der Waals surface area (Å²) in [5.74, 6) is 0.261. The van der Waals surface area contributed by atoms with Crippen molar-refractivity contribution in [2.24, 2.45) is 0 Å². The monoisotopic (exact) mass is 315 g/mol. The molecule has 0 atom stereocenters. The zero-order valence-electron chi connectivity index (χ0n) is 8.66. The van der Waals surface area contributed by atoms with E-state index in [1.165, 1.54) is 6.07 Å². The van der Waals surface area contributed by atoms with Gasteiger partial charge < -0.3 is 4.74 Å². The van der Waals surface area contributed by atoms with E-state index in [1.807, 2.05) is 0 Å². The molecule has 0 fully saturated rings. The first kappa shape index (κ1) is 12.3. The second kappa shape index (κ2) is 5.47. The molecule has 1 heterocycles. The summed E-state index contributed by atoms with van der Waals surface area (Å²) in [6.45, 7) is 0.315. The van der Waals surface area contributed by atoms with Gasteiger partial charge in [-0.1, -0.05) is 11.6 Å². The van der Waals surface area contributed by atoms with E-state index in [1.54, 1.807) is 30.5 Å². The Kier molecular flexibility index (Phi) is 3.97. The van der Waals surface area contributed by atoms with Crippen LogP contribution in [0.3, 0.4) is 0 Å². The van der Waals surface area contributed by atoms with Gasteiger partial charge in [0, 0.05) is 6.20 Å². The van der Waals surface area contributed by atoms with Gasteiger partial charge in [-0.2, -0.15) is 0 Å². The number of ether oxygens (including phenoxy) is 1. The van der Waals surface area contributed by atoms with Crippen LogP contribution in [-0.2, 0) is 6.61 Å². The highest BCUT2D eigenvalue weighted by Gasteiger charge is 2.02. The third-order valence-corrected chi connectivity index (χ3v) is 2.90. The van der Waals surface area contributed by atoms with Gasteiger partial charge in [0.15, 0.2) is 0 Å². The molecule has 0 bridgehead atoms. The van der Waals surface area contributed by atoms with E-state index in [0.29, 0.717) is 21.9 Å². The Hall–Kier alpha value is -1.13. The average molecular weight is 317 g/mol. The predicted octanol–water partition coefficient (Wildman–Crippen LogP) is 4.22. The summed E-state index contributed by atoms with van der Waals surface area (Å²) in [6.07, 6.45) is 1.56. The molecule has 1 aromatic heterocycles. The minimum absolute atomic E-state index is 0.315. The van der Waals surface area contributed by atoms with Gasteiger partial charge in [0.05, 0.1) is 15.2 Å². The molecule has 0 radical (unpaired) electrons. The van der Waals surface area contributed by atoms with Gasteiger partial charge in [0.2, 0.25) is 0 Å². The summed E-state index contributed by atoms with van der Waals surface area (Å²) in [5, 5.41) is 0.582. The van der Waals surface area contributed by atoms with Crippen molar-refractivity contribution in [3.63, 3.8) is 0 Å². The number of aromatic nitrogens is 1. The van der Waals surface area contributed by atoms with E-state index in [9.17, 15) is 4.39 Å². The Bertz CT molecular complexity index is 518. The molecule has 0 aliphatic rings. The average Bonchev–Trinajstić information content (AvgIpc) is 2.33. The minimum atomic E-state index is -0.318. The summed E-state index contributed by atoms with van der Waals surface area (Å²) >= 11 is 8.81. The number of benzene rings is 1. The molecule has 0 spiro atoms. The van der Waals surface area contributed by atoms with Crippen LogP contribution in [0.5, 0.6) is 5.75 Å². The fourth-order valence-electron chi connectivity index (χ4n) is 1.22. The van der Waals surface area contributed by atoms with Crippen molar-refractivity contribution in [3.8, 4) is 5.75 Å². The molecule has 17 heavy (non-hydrogen) atoms. The fourth-order valence-corrected chi connectivity index (χ4v) is 1.69. The smallest absolute Gasteiger partial charge is 0.137 e. The lowest BCUT2D eigenvalue weighted by atomic mass is 10.3. The largest absolute Gasteiger partial charge is 0.487 e. The third kappa shape index (κ3) is 3.41. The minimum Gasteiger partial charge on any atom is -0.487 e. The van der Waals surface area contributed by atoms with E-state index in [4.69, 9.17) is 16.3 Å². The molecule has 2 rings (SSSR count). The molecule has 5 heteroatoms. The molecule has 0 amide bonds. The van der Waals surface area contributed by atoms with E-state index in [0.717, 1.165) is 5.69 Å². The van der Waals surface area contributed by atoms with Gasteiger partial charge >= 0.3 is 0 Å². The van der Waals surface area contributed by atoms with Crippen molar-refractivity contribution >= 4 is 27.5 Å². The maximum atomic E-state index is 13.0. The molecule has 0 saturated heterocycles. The van der Waals surface area contributed by atoms with Crippen LogP contribution in [0.4, 0.5) is 4.39 Å². The van der Waals surface area contributed by atoms with Gasteiger partial charge in [0.25, 0.3) is 0 Å². The Balaban J connectivity index is 2.02. The Morgan fingerprint density at radius 1 is 1.29 bits per heavy atom. The normalized spacial score (nSPS) is 10.3. The number of pyridine rings is 1. The van der Waals surface area contributed by atoms with E-state index in [2.05, 4.69) is 20.9 Å². The van der Waals surface area contributed by atoms with Crippen LogP contribution in [0.2, 0.25) is 5.02 Å². The fraction of sp³-hybridized carbons (Fsp3) is 0.0833. The number of hydrogen-bond acceptors (Lipinski definition) is 2. The molecule has 0 unspecified atom stereocenters. The van der Waals surface area contributed by atoms with Crippen molar-refractivity contribution in [2.75, 3.05) is 0 Å². The van der Waals surface area contributed by atoms with Gasteiger partial charge in [-0.15, -0.1) is 0 Å². The standard InChI is InChI=1S/C12H8BrClFNO/c13-11-5-10(3-4-12(11)15)17-7-9-2-1-8(14)6-16-9/h1-6H,7H2. The first-order valence-corrected chi connectivity index (χ1v) is 6.00. The van der Waals surface area contributed by atoms with Gasteiger partial charge in [0.1, 0.15) is 18.2 Å². The molecular formula is C12H8BrClFNO. The maximum absolute atomic E-state index is 13.0. The molecule has 0 aliphatic carbocycles. The van der Waals surface area contributed by atoms with Crippen LogP contribution >= 0.6 is 27.5 Å². The van der Waals surface area contributed by atoms with Crippen LogP contribution in [-0.4, -0.2) is 4.98 Å². The highest BCUT2D eigenvalue weighted by Crippen LogP contribution is 2.22. The number of hydrogen-bond donors (Lipinski definition) is 0. The first-order chi connectivity index (χ1) is 8.15. The number of halogens is 3. The van der Waals surface area contributed by atoms with Crippen LogP contribution in [0.25, 0.3) is 0 Å². The molecule has 0 aliphatic heterocycles. The number of nitrogens with zero attached hydrogens (tertiary/aromatic N) is 1. The van der Waals surface area contributed by atoms with Crippen molar-refractivity contribution in [2.45, 2.75) is 6.61 Å². The van der Waals surface area contributed by atoms with Crippen molar-refractivity contribution in [1.82, 2.24) is 4.98 Å². The molecule has 2 aromatic rings. The van der Waals surface area contributed by atoms with E-state index < -0.39 is 0 Å². The van der Waals surface area contributed by atoms with Gasteiger partial charge in [-0.05, 0) is 46.3 Å². The van der Waals surface area contributed by atoms with Gasteiger partial charge in [-0.3, -0.25) is 4.98 Å². The highest BCUT2D eigenvalue weighted by atomic mass is 79.9. The lowest BCUT2D eigenvalue weighted by Crippen LogP contribution is -1.97. The maximum Gasteiger partial charge on any atom is 0.137 e. The second-order valence-corrected chi connectivity index (χ2v) is 4.62. The Labute approximate surface area is 112 Å². The first-order valence-electron chi connectivity index (χ1n) is 4.83. The predicted molar refractivity (Wildman–Crippen MR) is 67.7 cm³/mol. The summed E-state index contributed by atoms with van der Waals surface area (Å²) in [6, 6.07) is 8.00. The summed E-state index contributed by atoms with van der Waals surface area (Å²) in [5.41, 5.74) is 0.759. The highest BCUT2D eigenvalue weighted by molar-refractivity contribution is 9.10. The van der Waals surface area contributed by atoms with Crippen LogP contribution in [0.15, 0.2) is 41.0 Å².